The number of rotatable bonds is 7. The van der Waals surface area contributed by atoms with Crippen LogP contribution in [-0.4, -0.2) is 0 Å². The summed E-state index contributed by atoms with van der Waals surface area (Å²) in [5.41, 5.74) is 14.5. The van der Waals surface area contributed by atoms with Crippen molar-refractivity contribution in [3.63, 3.8) is 0 Å². The monoisotopic (exact) mass is 745 g/mol. The normalized spacial score (nSPS) is 11.5. The SMILES string of the molecule is c1ccc(-c2ccc(-c3ccc(N(c4cc(-c5ccccc5)cc(-c5ccc6c(c5)oc5ccccc56)c4)c4cccc5c4sc4ccccc45)cc3)cc2)cc1. The molecule has 0 aliphatic carbocycles. The molecular weight excluding hydrogens is 711 g/mol. The Morgan fingerprint density at radius 2 is 0.842 bits per heavy atom. The van der Waals surface area contributed by atoms with Crippen LogP contribution in [0, 0.1) is 0 Å². The van der Waals surface area contributed by atoms with Gasteiger partial charge in [0.05, 0.1) is 10.4 Å². The minimum absolute atomic E-state index is 0.889. The topological polar surface area (TPSA) is 16.4 Å². The quantitative estimate of drug-likeness (QED) is 0.162. The molecule has 11 aromatic rings. The van der Waals surface area contributed by atoms with E-state index in [4.69, 9.17) is 4.42 Å². The molecule has 0 unspecified atom stereocenters. The molecule has 0 fully saturated rings. The van der Waals surface area contributed by atoms with Crippen LogP contribution < -0.4 is 4.90 Å². The van der Waals surface area contributed by atoms with Crippen LogP contribution in [0.2, 0.25) is 0 Å². The van der Waals surface area contributed by atoms with E-state index >= 15 is 0 Å². The summed E-state index contributed by atoms with van der Waals surface area (Å²) < 4.78 is 8.93. The highest BCUT2D eigenvalue weighted by Crippen LogP contribution is 2.47. The number of furan rings is 1. The van der Waals surface area contributed by atoms with E-state index in [1.165, 1.54) is 48.0 Å². The minimum atomic E-state index is 0.889. The maximum atomic E-state index is 6.39. The molecule has 2 aromatic heterocycles. The predicted octanol–water partition coefficient (Wildman–Crippen LogP) is 16.1. The number of benzene rings is 9. The van der Waals surface area contributed by atoms with E-state index in [0.29, 0.717) is 0 Å². The van der Waals surface area contributed by atoms with E-state index in [0.717, 1.165) is 55.7 Å². The van der Waals surface area contributed by atoms with Gasteiger partial charge in [-0.1, -0.05) is 152 Å². The summed E-state index contributed by atoms with van der Waals surface area (Å²) in [6.45, 7) is 0. The summed E-state index contributed by atoms with van der Waals surface area (Å²) in [5.74, 6) is 0. The minimum Gasteiger partial charge on any atom is -0.456 e. The average Bonchev–Trinajstić information content (AvgIpc) is 3.86. The van der Waals surface area contributed by atoms with E-state index < -0.39 is 0 Å². The zero-order valence-corrected chi connectivity index (χ0v) is 31.8. The Kier molecular flexibility index (Phi) is 8.04. The highest BCUT2D eigenvalue weighted by atomic mass is 32.1. The third kappa shape index (κ3) is 5.97. The second-order valence-electron chi connectivity index (χ2n) is 14.5. The Bertz CT molecular complexity index is 3210. The van der Waals surface area contributed by atoms with Gasteiger partial charge in [-0.05, 0) is 105 Å². The second-order valence-corrected chi connectivity index (χ2v) is 15.6. The maximum Gasteiger partial charge on any atom is 0.136 e. The lowest BCUT2D eigenvalue weighted by Crippen LogP contribution is -2.10. The van der Waals surface area contributed by atoms with Crippen LogP contribution in [0.3, 0.4) is 0 Å². The van der Waals surface area contributed by atoms with Crippen LogP contribution in [0.15, 0.2) is 217 Å². The molecule has 11 rings (SSSR count). The zero-order valence-electron chi connectivity index (χ0n) is 31.0. The van der Waals surface area contributed by atoms with Gasteiger partial charge in [-0.25, -0.2) is 0 Å². The number of thiophene rings is 1. The highest BCUT2D eigenvalue weighted by molar-refractivity contribution is 7.26. The summed E-state index contributed by atoms with van der Waals surface area (Å²) in [4.78, 5) is 2.44. The third-order valence-corrected chi connectivity index (χ3v) is 12.3. The van der Waals surface area contributed by atoms with Gasteiger partial charge >= 0.3 is 0 Å². The van der Waals surface area contributed by atoms with Crippen molar-refractivity contribution >= 4 is 70.5 Å². The van der Waals surface area contributed by atoms with Gasteiger partial charge in [0.25, 0.3) is 0 Å². The number of fused-ring (bicyclic) bond motifs is 6. The summed E-state index contributed by atoms with van der Waals surface area (Å²) in [6, 6.07) is 76.5. The van der Waals surface area contributed by atoms with Crippen molar-refractivity contribution in [2.45, 2.75) is 0 Å². The summed E-state index contributed by atoms with van der Waals surface area (Å²) in [6.07, 6.45) is 0. The maximum absolute atomic E-state index is 6.39. The molecule has 57 heavy (non-hydrogen) atoms. The molecule has 0 saturated heterocycles. The molecular formula is C54H35NOS. The molecule has 0 bridgehead atoms. The van der Waals surface area contributed by atoms with E-state index in [9.17, 15) is 0 Å². The lowest BCUT2D eigenvalue weighted by atomic mass is 9.96. The number of hydrogen-bond donors (Lipinski definition) is 0. The van der Waals surface area contributed by atoms with Gasteiger partial charge in [-0.3, -0.25) is 0 Å². The Balaban J connectivity index is 1.09. The number of hydrogen-bond acceptors (Lipinski definition) is 3. The largest absolute Gasteiger partial charge is 0.456 e. The summed E-state index contributed by atoms with van der Waals surface area (Å²) in [7, 11) is 0. The van der Waals surface area contributed by atoms with Gasteiger partial charge in [0.2, 0.25) is 0 Å². The molecule has 0 saturated carbocycles. The van der Waals surface area contributed by atoms with Crippen LogP contribution in [-0.2, 0) is 0 Å². The van der Waals surface area contributed by atoms with Crippen molar-refractivity contribution in [1.82, 2.24) is 0 Å². The molecule has 0 aliphatic rings. The van der Waals surface area contributed by atoms with Crippen LogP contribution in [0.4, 0.5) is 17.1 Å². The van der Waals surface area contributed by atoms with Crippen molar-refractivity contribution in [3.05, 3.63) is 212 Å². The molecule has 2 heterocycles. The van der Waals surface area contributed by atoms with Crippen LogP contribution in [0.5, 0.6) is 0 Å². The first-order chi connectivity index (χ1) is 28.2. The molecule has 2 nitrogen and oxygen atoms in total. The fourth-order valence-electron chi connectivity index (χ4n) is 8.23. The van der Waals surface area contributed by atoms with Gasteiger partial charge in [0.15, 0.2) is 0 Å². The third-order valence-electron chi connectivity index (χ3n) is 11.1. The second kappa shape index (κ2) is 13.8. The summed E-state index contributed by atoms with van der Waals surface area (Å²) >= 11 is 1.86. The molecule has 268 valence electrons. The molecule has 0 radical (unpaired) electrons. The van der Waals surface area contributed by atoms with Gasteiger partial charge in [-0.15, -0.1) is 11.3 Å². The first kappa shape index (κ1) is 33.2. The van der Waals surface area contributed by atoms with Crippen molar-refractivity contribution in [2.75, 3.05) is 4.90 Å². The lowest BCUT2D eigenvalue weighted by Gasteiger charge is -2.27. The first-order valence-corrected chi connectivity index (χ1v) is 20.1. The van der Waals surface area contributed by atoms with Gasteiger partial charge in [0.1, 0.15) is 11.2 Å². The van der Waals surface area contributed by atoms with Crippen molar-refractivity contribution in [2.24, 2.45) is 0 Å². The molecule has 0 spiro atoms. The Hall–Kier alpha value is -7.20. The summed E-state index contributed by atoms with van der Waals surface area (Å²) in [5, 5.41) is 4.81. The molecule has 0 atom stereocenters. The number of nitrogens with zero attached hydrogens (tertiary/aromatic N) is 1. The predicted molar refractivity (Wildman–Crippen MR) is 243 cm³/mol. The highest BCUT2D eigenvalue weighted by Gasteiger charge is 2.20. The Morgan fingerprint density at radius 3 is 1.56 bits per heavy atom. The van der Waals surface area contributed by atoms with Crippen LogP contribution in [0.1, 0.15) is 0 Å². The van der Waals surface area contributed by atoms with Crippen molar-refractivity contribution in [1.29, 1.82) is 0 Å². The fraction of sp³-hybridized carbons (Fsp3) is 0. The first-order valence-electron chi connectivity index (χ1n) is 19.3. The average molecular weight is 746 g/mol. The van der Waals surface area contributed by atoms with Gasteiger partial charge in [0, 0.05) is 37.6 Å². The number of para-hydroxylation sites is 1. The van der Waals surface area contributed by atoms with E-state index in [1.54, 1.807) is 0 Å². The molecule has 9 aromatic carbocycles. The van der Waals surface area contributed by atoms with Crippen molar-refractivity contribution < 1.29 is 4.42 Å². The van der Waals surface area contributed by atoms with E-state index in [2.05, 4.69) is 205 Å². The smallest absolute Gasteiger partial charge is 0.136 e. The molecule has 3 heteroatoms. The standard InChI is InChI=1S/C54H35NOS/c1-3-12-36(13-4-1)38-22-24-39(25-23-38)40-26-29-44(30-27-40)55(50-19-11-18-49-48-17-8-10-21-53(48)57-54(49)50)45-33-42(37-14-5-2-6-15-37)32-43(34-45)41-28-31-47-46-16-7-9-20-51(46)56-52(47)35-41/h1-35H. The van der Waals surface area contributed by atoms with E-state index in [-0.39, 0.29) is 0 Å². The van der Waals surface area contributed by atoms with Gasteiger partial charge in [-0.2, -0.15) is 0 Å². The number of anilines is 3. The Morgan fingerprint density at radius 1 is 0.316 bits per heavy atom. The molecule has 0 amide bonds. The zero-order chi connectivity index (χ0) is 37.7. The van der Waals surface area contributed by atoms with Crippen molar-refractivity contribution in [3.8, 4) is 44.5 Å². The lowest BCUT2D eigenvalue weighted by molar-refractivity contribution is 0.669. The Labute approximate surface area is 335 Å². The van der Waals surface area contributed by atoms with Crippen LogP contribution in [0.25, 0.3) is 86.6 Å². The fourth-order valence-corrected chi connectivity index (χ4v) is 9.44. The molecule has 0 N–H and O–H groups in total. The molecule has 0 aliphatic heterocycles. The van der Waals surface area contributed by atoms with Crippen LogP contribution >= 0.6 is 11.3 Å². The van der Waals surface area contributed by atoms with Gasteiger partial charge < -0.3 is 9.32 Å². The van der Waals surface area contributed by atoms with E-state index in [1.807, 2.05) is 23.5 Å².